The van der Waals surface area contributed by atoms with Gasteiger partial charge in [0.2, 0.25) is 5.88 Å². The SMILES string of the molecule is COc1ccc(-c2ccc(C(F)(F)F)nc2OC)c(CC(=O)O)c1. The van der Waals surface area contributed by atoms with Crippen molar-refractivity contribution in [3.8, 4) is 22.8 Å². The molecule has 0 saturated heterocycles. The maximum Gasteiger partial charge on any atom is 0.433 e. The van der Waals surface area contributed by atoms with E-state index in [4.69, 9.17) is 14.6 Å². The number of aliphatic carboxylic acids is 1. The highest BCUT2D eigenvalue weighted by molar-refractivity contribution is 5.79. The van der Waals surface area contributed by atoms with Crippen LogP contribution in [-0.4, -0.2) is 30.3 Å². The molecule has 8 heteroatoms. The summed E-state index contributed by atoms with van der Waals surface area (Å²) in [6.07, 6.45) is -4.92. The van der Waals surface area contributed by atoms with Crippen molar-refractivity contribution in [2.75, 3.05) is 14.2 Å². The molecule has 0 unspecified atom stereocenters. The summed E-state index contributed by atoms with van der Waals surface area (Å²) in [5.74, 6) is -0.876. The van der Waals surface area contributed by atoms with Gasteiger partial charge in [-0.1, -0.05) is 6.07 Å². The molecule has 0 radical (unpaired) electrons. The minimum Gasteiger partial charge on any atom is -0.497 e. The van der Waals surface area contributed by atoms with Crippen molar-refractivity contribution in [3.63, 3.8) is 0 Å². The number of hydrogen-bond acceptors (Lipinski definition) is 4. The molecule has 0 saturated carbocycles. The number of benzene rings is 1. The predicted octanol–water partition coefficient (Wildman–Crippen LogP) is 3.41. The number of ether oxygens (including phenoxy) is 2. The largest absolute Gasteiger partial charge is 0.497 e. The highest BCUT2D eigenvalue weighted by Crippen LogP contribution is 2.36. The summed E-state index contributed by atoms with van der Waals surface area (Å²) in [5, 5.41) is 9.04. The lowest BCUT2D eigenvalue weighted by atomic mass is 9.97. The third-order valence-corrected chi connectivity index (χ3v) is 3.29. The van der Waals surface area contributed by atoms with Crippen LogP contribution < -0.4 is 9.47 Å². The van der Waals surface area contributed by atoms with Gasteiger partial charge in [-0.05, 0) is 35.4 Å². The fourth-order valence-corrected chi connectivity index (χ4v) is 2.23. The molecule has 1 aromatic carbocycles. The van der Waals surface area contributed by atoms with Crippen LogP contribution in [0.15, 0.2) is 30.3 Å². The van der Waals surface area contributed by atoms with Crippen LogP contribution in [0.1, 0.15) is 11.3 Å². The number of alkyl halides is 3. The smallest absolute Gasteiger partial charge is 0.433 e. The molecular weight excluding hydrogens is 327 g/mol. The molecule has 0 aliphatic rings. The van der Waals surface area contributed by atoms with E-state index in [2.05, 4.69) is 4.98 Å². The van der Waals surface area contributed by atoms with Gasteiger partial charge in [0.15, 0.2) is 0 Å². The van der Waals surface area contributed by atoms with Gasteiger partial charge in [0.1, 0.15) is 11.4 Å². The molecule has 0 amide bonds. The summed E-state index contributed by atoms with van der Waals surface area (Å²) in [5.41, 5.74) is -0.0289. The van der Waals surface area contributed by atoms with Crippen molar-refractivity contribution in [3.05, 3.63) is 41.6 Å². The number of halogens is 3. The molecule has 0 bridgehead atoms. The normalized spacial score (nSPS) is 11.2. The Morgan fingerprint density at radius 3 is 2.33 bits per heavy atom. The number of pyridine rings is 1. The average molecular weight is 341 g/mol. The van der Waals surface area contributed by atoms with Crippen molar-refractivity contribution >= 4 is 5.97 Å². The second kappa shape index (κ2) is 6.77. The molecule has 1 aromatic heterocycles. The van der Waals surface area contributed by atoms with Gasteiger partial charge in [-0.2, -0.15) is 13.2 Å². The van der Waals surface area contributed by atoms with Crippen LogP contribution in [0.2, 0.25) is 0 Å². The van der Waals surface area contributed by atoms with Crippen LogP contribution in [-0.2, 0) is 17.4 Å². The lowest BCUT2D eigenvalue weighted by Crippen LogP contribution is -2.09. The Morgan fingerprint density at radius 1 is 1.12 bits per heavy atom. The number of hydrogen-bond donors (Lipinski definition) is 1. The van der Waals surface area contributed by atoms with E-state index in [1.54, 1.807) is 12.1 Å². The molecule has 0 aliphatic carbocycles. The zero-order chi connectivity index (χ0) is 17.9. The van der Waals surface area contributed by atoms with Crippen LogP contribution in [0.3, 0.4) is 0 Å². The van der Waals surface area contributed by atoms with Crippen molar-refractivity contribution in [2.45, 2.75) is 12.6 Å². The van der Waals surface area contributed by atoms with Crippen LogP contribution in [0.25, 0.3) is 11.1 Å². The first-order valence-electron chi connectivity index (χ1n) is 6.77. The Labute approximate surface area is 135 Å². The number of carboxylic acids is 1. The fourth-order valence-electron chi connectivity index (χ4n) is 2.23. The minimum absolute atomic E-state index is 0.235. The van der Waals surface area contributed by atoms with Gasteiger partial charge in [0.05, 0.1) is 20.6 Å². The summed E-state index contributed by atoms with van der Waals surface area (Å²) >= 11 is 0. The highest BCUT2D eigenvalue weighted by atomic mass is 19.4. The number of rotatable bonds is 5. The standard InChI is InChI=1S/C16H14F3NO4/c1-23-10-3-4-11(9(7-10)8-14(21)22)12-5-6-13(16(17,18)19)20-15(12)24-2/h3-7H,8H2,1-2H3,(H,21,22). The number of carboxylic acid groups (broad SMARTS) is 1. The number of methoxy groups -OCH3 is 2. The first kappa shape index (κ1) is 17.6. The Kier molecular flexibility index (Phi) is 4.96. The van der Waals surface area contributed by atoms with Crippen molar-refractivity contribution < 1.29 is 32.5 Å². The zero-order valence-electron chi connectivity index (χ0n) is 12.8. The summed E-state index contributed by atoms with van der Waals surface area (Å²) in [6, 6.07) is 6.69. The first-order valence-corrected chi connectivity index (χ1v) is 6.77. The van der Waals surface area contributed by atoms with E-state index in [-0.39, 0.29) is 17.9 Å². The monoisotopic (exact) mass is 341 g/mol. The maximum atomic E-state index is 12.8. The lowest BCUT2D eigenvalue weighted by molar-refractivity contribution is -0.141. The molecule has 24 heavy (non-hydrogen) atoms. The van der Waals surface area contributed by atoms with E-state index >= 15 is 0 Å². The molecule has 2 rings (SSSR count). The van der Waals surface area contributed by atoms with E-state index in [0.29, 0.717) is 16.9 Å². The van der Waals surface area contributed by atoms with Crippen LogP contribution in [0, 0.1) is 0 Å². The van der Waals surface area contributed by atoms with Gasteiger partial charge >= 0.3 is 12.1 Å². The second-order valence-electron chi connectivity index (χ2n) is 4.84. The van der Waals surface area contributed by atoms with E-state index in [1.165, 1.54) is 26.4 Å². The lowest BCUT2D eigenvalue weighted by Gasteiger charge is -2.14. The van der Waals surface area contributed by atoms with Crippen LogP contribution >= 0.6 is 0 Å². The van der Waals surface area contributed by atoms with Crippen molar-refractivity contribution in [1.82, 2.24) is 4.98 Å². The maximum absolute atomic E-state index is 12.8. The van der Waals surface area contributed by atoms with Gasteiger partial charge < -0.3 is 14.6 Å². The molecule has 0 atom stereocenters. The molecule has 0 aliphatic heterocycles. The van der Waals surface area contributed by atoms with Gasteiger partial charge in [0.25, 0.3) is 0 Å². The number of aromatic nitrogens is 1. The Morgan fingerprint density at radius 2 is 1.79 bits per heavy atom. The summed E-state index contributed by atoms with van der Waals surface area (Å²) in [6.45, 7) is 0. The first-order chi connectivity index (χ1) is 11.3. The van der Waals surface area contributed by atoms with Gasteiger partial charge in [-0.25, -0.2) is 4.98 Å². The minimum atomic E-state index is -4.60. The fraction of sp³-hybridized carbons (Fsp3) is 0.250. The van der Waals surface area contributed by atoms with E-state index in [9.17, 15) is 18.0 Å². The van der Waals surface area contributed by atoms with Gasteiger partial charge in [-0.3, -0.25) is 4.79 Å². The molecule has 0 fully saturated rings. The second-order valence-corrected chi connectivity index (χ2v) is 4.84. The molecule has 128 valence electrons. The molecule has 5 nitrogen and oxygen atoms in total. The molecular formula is C16H14F3NO4. The van der Waals surface area contributed by atoms with Crippen molar-refractivity contribution in [2.24, 2.45) is 0 Å². The Balaban J connectivity index is 2.60. The van der Waals surface area contributed by atoms with Gasteiger partial charge in [-0.15, -0.1) is 0 Å². The Hall–Kier alpha value is -2.77. The average Bonchev–Trinajstić information content (AvgIpc) is 2.52. The summed E-state index contributed by atoms with van der Waals surface area (Å²) in [7, 11) is 2.63. The van der Waals surface area contributed by atoms with E-state index in [0.717, 1.165) is 6.07 Å². The summed E-state index contributed by atoms with van der Waals surface area (Å²) in [4.78, 5) is 14.5. The van der Waals surface area contributed by atoms with E-state index < -0.39 is 17.8 Å². The number of carbonyl (C=O) groups is 1. The van der Waals surface area contributed by atoms with Gasteiger partial charge in [0, 0.05) is 5.56 Å². The summed E-state index contributed by atoms with van der Waals surface area (Å²) < 4.78 is 48.3. The third kappa shape index (κ3) is 3.76. The van der Waals surface area contributed by atoms with Crippen molar-refractivity contribution in [1.29, 1.82) is 0 Å². The number of nitrogens with zero attached hydrogens (tertiary/aromatic N) is 1. The zero-order valence-corrected chi connectivity index (χ0v) is 12.8. The van der Waals surface area contributed by atoms with E-state index in [1.807, 2.05) is 0 Å². The molecule has 1 N–H and O–H groups in total. The molecule has 1 heterocycles. The highest BCUT2D eigenvalue weighted by Gasteiger charge is 2.33. The Bertz CT molecular complexity index is 759. The van der Waals surface area contributed by atoms with Crippen LogP contribution in [0.5, 0.6) is 11.6 Å². The molecule has 2 aromatic rings. The quantitative estimate of drug-likeness (QED) is 0.903. The third-order valence-electron chi connectivity index (χ3n) is 3.29. The predicted molar refractivity (Wildman–Crippen MR) is 79.1 cm³/mol. The molecule has 0 spiro atoms. The van der Waals surface area contributed by atoms with Crippen LogP contribution in [0.4, 0.5) is 13.2 Å². The topological polar surface area (TPSA) is 68.7 Å².